The molecule has 0 saturated heterocycles. The van der Waals surface area contributed by atoms with Gasteiger partial charge >= 0.3 is 0 Å². The van der Waals surface area contributed by atoms with E-state index in [0.717, 1.165) is 6.42 Å². The van der Waals surface area contributed by atoms with Crippen LogP contribution in [0.3, 0.4) is 0 Å². The lowest BCUT2D eigenvalue weighted by atomic mass is 10.2. The van der Waals surface area contributed by atoms with Crippen LogP contribution in [0, 0.1) is 0 Å². The summed E-state index contributed by atoms with van der Waals surface area (Å²) in [5, 5.41) is 0. The second-order valence-corrected chi connectivity index (χ2v) is 2.40. The van der Waals surface area contributed by atoms with Gasteiger partial charge in [-0.25, -0.2) is 0 Å². The van der Waals surface area contributed by atoms with E-state index in [1.165, 1.54) is 19.3 Å². The van der Waals surface area contributed by atoms with Crippen molar-refractivity contribution in [3.8, 4) is 0 Å². The molecule has 0 heterocycles. The molecular weight excluding hydrogens is 128 g/mol. The van der Waals surface area contributed by atoms with Crippen molar-refractivity contribution in [2.75, 3.05) is 6.61 Å². The number of rotatable bonds is 6. The standard InChI is InChI=1S/C7H18N2O/c1-2-3-4-5-6-10-7(8)9/h7H,2-6,8-9H2,1H3. The third kappa shape index (κ3) is 7.88. The van der Waals surface area contributed by atoms with E-state index in [1.807, 2.05) is 0 Å². The topological polar surface area (TPSA) is 61.3 Å². The van der Waals surface area contributed by atoms with Crippen LogP contribution in [0.1, 0.15) is 32.6 Å². The molecule has 0 aliphatic rings. The molecule has 0 unspecified atom stereocenters. The van der Waals surface area contributed by atoms with E-state index in [9.17, 15) is 0 Å². The van der Waals surface area contributed by atoms with Crippen LogP contribution in [0.15, 0.2) is 0 Å². The molecule has 0 fully saturated rings. The molecule has 0 aromatic rings. The van der Waals surface area contributed by atoms with Crippen molar-refractivity contribution in [1.82, 2.24) is 0 Å². The third-order valence-electron chi connectivity index (χ3n) is 1.31. The second-order valence-electron chi connectivity index (χ2n) is 2.40. The third-order valence-corrected chi connectivity index (χ3v) is 1.31. The maximum Gasteiger partial charge on any atom is 0.158 e. The molecule has 0 spiro atoms. The Hall–Kier alpha value is -0.120. The molecule has 0 aromatic carbocycles. The molecule has 0 aliphatic heterocycles. The van der Waals surface area contributed by atoms with Crippen molar-refractivity contribution >= 4 is 0 Å². The highest BCUT2D eigenvalue weighted by Gasteiger charge is 1.91. The molecule has 0 bridgehead atoms. The Bertz CT molecular complexity index is 66.6. The average molecular weight is 146 g/mol. The van der Waals surface area contributed by atoms with Crippen LogP contribution in [0.25, 0.3) is 0 Å². The molecule has 3 heteroatoms. The summed E-state index contributed by atoms with van der Waals surface area (Å²) in [6.07, 6.45) is 4.20. The molecular formula is C7H18N2O. The highest BCUT2D eigenvalue weighted by molar-refractivity contribution is 4.39. The quantitative estimate of drug-likeness (QED) is 0.430. The van der Waals surface area contributed by atoms with Crippen LogP contribution in [0.4, 0.5) is 0 Å². The zero-order valence-corrected chi connectivity index (χ0v) is 6.68. The number of hydrogen-bond acceptors (Lipinski definition) is 3. The highest BCUT2D eigenvalue weighted by atomic mass is 16.5. The fraction of sp³-hybridized carbons (Fsp3) is 1.00. The van der Waals surface area contributed by atoms with E-state index in [1.54, 1.807) is 0 Å². The summed E-state index contributed by atoms with van der Waals surface area (Å²) < 4.78 is 4.94. The molecule has 62 valence electrons. The van der Waals surface area contributed by atoms with Crippen LogP contribution in [0.2, 0.25) is 0 Å². The zero-order valence-electron chi connectivity index (χ0n) is 6.68. The molecule has 0 amide bonds. The molecule has 0 rings (SSSR count). The molecule has 0 atom stereocenters. The van der Waals surface area contributed by atoms with Gasteiger partial charge in [-0.05, 0) is 6.42 Å². The fourth-order valence-electron chi connectivity index (χ4n) is 0.748. The molecule has 10 heavy (non-hydrogen) atoms. The van der Waals surface area contributed by atoms with Gasteiger partial charge in [-0.15, -0.1) is 0 Å². The predicted molar refractivity (Wildman–Crippen MR) is 42.3 cm³/mol. The smallest absolute Gasteiger partial charge is 0.158 e. The summed E-state index contributed by atoms with van der Waals surface area (Å²) >= 11 is 0. The first kappa shape index (κ1) is 9.88. The van der Waals surface area contributed by atoms with Crippen LogP contribution >= 0.6 is 0 Å². The van der Waals surface area contributed by atoms with Gasteiger partial charge in [0.25, 0.3) is 0 Å². The molecule has 4 N–H and O–H groups in total. The van der Waals surface area contributed by atoms with E-state index < -0.39 is 6.35 Å². The first-order valence-electron chi connectivity index (χ1n) is 3.90. The van der Waals surface area contributed by atoms with Gasteiger partial charge in [0.15, 0.2) is 6.35 Å². The van der Waals surface area contributed by atoms with Gasteiger partial charge in [-0.1, -0.05) is 26.2 Å². The van der Waals surface area contributed by atoms with Crippen LogP contribution in [0.5, 0.6) is 0 Å². The maximum absolute atomic E-state index is 5.16. The number of nitrogens with two attached hydrogens (primary N) is 2. The normalized spacial score (nSPS) is 10.8. The minimum atomic E-state index is -0.596. The largest absolute Gasteiger partial charge is 0.350 e. The Morgan fingerprint density at radius 2 is 1.90 bits per heavy atom. The Morgan fingerprint density at radius 3 is 2.40 bits per heavy atom. The monoisotopic (exact) mass is 146 g/mol. The Kier molecular flexibility index (Phi) is 6.91. The lowest BCUT2D eigenvalue weighted by Crippen LogP contribution is -2.33. The first-order chi connectivity index (χ1) is 4.77. The van der Waals surface area contributed by atoms with Crippen molar-refractivity contribution in [3.05, 3.63) is 0 Å². The van der Waals surface area contributed by atoms with E-state index >= 15 is 0 Å². The summed E-state index contributed by atoms with van der Waals surface area (Å²) in [5.41, 5.74) is 10.3. The van der Waals surface area contributed by atoms with Crippen molar-refractivity contribution in [2.24, 2.45) is 11.5 Å². The summed E-state index contributed by atoms with van der Waals surface area (Å²) in [6, 6.07) is 0. The van der Waals surface area contributed by atoms with Gasteiger partial charge in [0.1, 0.15) is 0 Å². The van der Waals surface area contributed by atoms with Crippen molar-refractivity contribution < 1.29 is 4.74 Å². The van der Waals surface area contributed by atoms with Gasteiger partial charge in [-0.3, -0.25) is 11.5 Å². The minimum Gasteiger partial charge on any atom is -0.350 e. The van der Waals surface area contributed by atoms with Gasteiger partial charge in [0.2, 0.25) is 0 Å². The van der Waals surface area contributed by atoms with Gasteiger partial charge < -0.3 is 4.74 Å². The number of unbranched alkanes of at least 4 members (excludes halogenated alkanes) is 3. The Labute approximate surface area is 62.7 Å². The maximum atomic E-state index is 5.16. The molecule has 3 nitrogen and oxygen atoms in total. The van der Waals surface area contributed by atoms with Crippen molar-refractivity contribution in [1.29, 1.82) is 0 Å². The fourth-order valence-corrected chi connectivity index (χ4v) is 0.748. The Balaban J connectivity index is 2.77. The van der Waals surface area contributed by atoms with Crippen LogP contribution in [-0.2, 0) is 4.74 Å². The minimum absolute atomic E-state index is 0.596. The zero-order chi connectivity index (χ0) is 7.82. The second kappa shape index (κ2) is 6.99. The van der Waals surface area contributed by atoms with E-state index in [0.29, 0.717) is 6.61 Å². The number of ether oxygens (including phenoxy) is 1. The highest BCUT2D eigenvalue weighted by Crippen LogP contribution is 1.98. The summed E-state index contributed by atoms with van der Waals surface area (Å²) in [7, 11) is 0. The summed E-state index contributed by atoms with van der Waals surface area (Å²) in [4.78, 5) is 0. The lowest BCUT2D eigenvalue weighted by molar-refractivity contribution is 0.0596. The van der Waals surface area contributed by atoms with E-state index in [2.05, 4.69) is 6.92 Å². The molecule has 0 saturated carbocycles. The van der Waals surface area contributed by atoms with Crippen molar-refractivity contribution in [3.63, 3.8) is 0 Å². The summed E-state index contributed by atoms with van der Waals surface area (Å²) in [5.74, 6) is 0. The van der Waals surface area contributed by atoms with Crippen LogP contribution < -0.4 is 11.5 Å². The van der Waals surface area contributed by atoms with Crippen LogP contribution in [-0.4, -0.2) is 13.0 Å². The van der Waals surface area contributed by atoms with Gasteiger partial charge in [-0.2, -0.15) is 0 Å². The lowest BCUT2D eigenvalue weighted by Gasteiger charge is -2.05. The SMILES string of the molecule is CCCCCCOC(N)N. The van der Waals surface area contributed by atoms with E-state index in [4.69, 9.17) is 16.2 Å². The summed E-state index contributed by atoms with van der Waals surface area (Å²) in [6.45, 7) is 2.87. The Morgan fingerprint density at radius 1 is 1.20 bits per heavy atom. The average Bonchev–Trinajstić information content (AvgIpc) is 1.87. The molecule has 0 aliphatic carbocycles. The van der Waals surface area contributed by atoms with Gasteiger partial charge in [0, 0.05) is 0 Å². The number of hydrogen-bond donors (Lipinski definition) is 2. The van der Waals surface area contributed by atoms with Gasteiger partial charge in [0.05, 0.1) is 6.61 Å². The van der Waals surface area contributed by atoms with E-state index in [-0.39, 0.29) is 0 Å². The molecule has 0 radical (unpaired) electrons. The molecule has 0 aromatic heterocycles. The predicted octanol–water partition coefficient (Wildman–Crippen LogP) is 0.784. The van der Waals surface area contributed by atoms with Crippen molar-refractivity contribution in [2.45, 2.75) is 39.0 Å². The first-order valence-corrected chi connectivity index (χ1v) is 3.90.